The molecule has 0 aromatic heterocycles. The Morgan fingerprint density at radius 2 is 2.13 bits per heavy atom. The average Bonchev–Trinajstić information content (AvgIpc) is 2.97. The Hall–Kier alpha value is -1.60. The molecular formula is C16H22N2O4S. The molecule has 2 aliphatic rings. The highest BCUT2D eigenvalue weighted by molar-refractivity contribution is 7.92. The Bertz CT molecular complexity index is 717. The molecule has 6 nitrogen and oxygen atoms in total. The number of amides is 1. The molecule has 23 heavy (non-hydrogen) atoms. The summed E-state index contributed by atoms with van der Waals surface area (Å²) in [6.45, 7) is 1.84. The molecule has 2 heterocycles. The number of hydrogen-bond acceptors (Lipinski definition) is 4. The largest absolute Gasteiger partial charge is 0.396 e. The van der Waals surface area contributed by atoms with Crippen LogP contribution in [0.2, 0.25) is 0 Å². The van der Waals surface area contributed by atoms with Gasteiger partial charge in [-0.3, -0.25) is 9.10 Å². The maximum atomic E-state index is 12.7. The van der Waals surface area contributed by atoms with Crippen LogP contribution in [0.1, 0.15) is 28.8 Å². The fourth-order valence-electron chi connectivity index (χ4n) is 3.43. The average molecular weight is 338 g/mol. The summed E-state index contributed by atoms with van der Waals surface area (Å²) in [5.74, 6) is 0.117. The van der Waals surface area contributed by atoms with Gasteiger partial charge < -0.3 is 10.0 Å². The number of benzene rings is 1. The summed E-state index contributed by atoms with van der Waals surface area (Å²) in [7, 11) is -3.27. The predicted molar refractivity (Wildman–Crippen MR) is 88.0 cm³/mol. The first-order chi connectivity index (χ1) is 10.9. The van der Waals surface area contributed by atoms with E-state index in [0.29, 0.717) is 37.3 Å². The van der Waals surface area contributed by atoms with Crippen molar-refractivity contribution in [1.82, 2.24) is 4.90 Å². The third kappa shape index (κ3) is 3.21. The zero-order valence-electron chi connectivity index (χ0n) is 13.2. The van der Waals surface area contributed by atoms with E-state index in [1.807, 2.05) is 6.07 Å². The molecule has 0 radical (unpaired) electrons. The summed E-state index contributed by atoms with van der Waals surface area (Å²) in [5.41, 5.74) is 2.17. The minimum absolute atomic E-state index is 0.0382. The van der Waals surface area contributed by atoms with Crippen LogP contribution in [0.5, 0.6) is 0 Å². The molecule has 1 aromatic carbocycles. The normalized spacial score (nSPS) is 21.4. The quantitative estimate of drug-likeness (QED) is 0.886. The number of sulfonamides is 1. The van der Waals surface area contributed by atoms with E-state index >= 15 is 0 Å². The summed E-state index contributed by atoms with van der Waals surface area (Å²) in [5, 5.41) is 9.29. The van der Waals surface area contributed by atoms with E-state index in [2.05, 4.69) is 0 Å². The molecule has 0 aliphatic carbocycles. The summed E-state index contributed by atoms with van der Waals surface area (Å²) in [6, 6.07) is 5.24. The number of piperidine rings is 1. The fraction of sp³-hybridized carbons (Fsp3) is 0.562. The van der Waals surface area contributed by atoms with Crippen LogP contribution in [0, 0.1) is 5.92 Å². The number of aliphatic hydroxyl groups is 1. The second-order valence-electron chi connectivity index (χ2n) is 6.37. The molecule has 126 valence electrons. The zero-order chi connectivity index (χ0) is 16.6. The van der Waals surface area contributed by atoms with Gasteiger partial charge in [-0.15, -0.1) is 0 Å². The molecule has 2 aliphatic heterocycles. The number of rotatable bonds is 3. The first-order valence-electron chi connectivity index (χ1n) is 7.91. The standard InChI is InChI=1S/C16H22N2O4S/c1-23(21,22)18-8-6-13-9-14(4-5-15(13)18)16(20)17-7-2-3-12(10-17)11-19/h4-5,9,12,19H,2-3,6-8,10-11H2,1H3. The number of aliphatic hydroxyl groups excluding tert-OH is 1. The number of carbonyl (C=O) groups is 1. The lowest BCUT2D eigenvalue weighted by Gasteiger charge is -2.32. The number of anilines is 1. The monoisotopic (exact) mass is 338 g/mol. The second kappa shape index (κ2) is 6.13. The lowest BCUT2D eigenvalue weighted by atomic mass is 9.98. The molecule has 1 amide bonds. The minimum atomic E-state index is -3.27. The van der Waals surface area contributed by atoms with Crippen molar-refractivity contribution in [2.45, 2.75) is 19.3 Å². The number of likely N-dealkylation sites (tertiary alicyclic amines) is 1. The van der Waals surface area contributed by atoms with E-state index in [0.717, 1.165) is 18.4 Å². The van der Waals surface area contributed by atoms with E-state index in [1.165, 1.54) is 10.6 Å². The van der Waals surface area contributed by atoms with Gasteiger partial charge in [-0.25, -0.2) is 8.42 Å². The van der Waals surface area contributed by atoms with Crippen molar-refractivity contribution in [3.05, 3.63) is 29.3 Å². The van der Waals surface area contributed by atoms with Crippen molar-refractivity contribution in [2.24, 2.45) is 5.92 Å². The first-order valence-corrected chi connectivity index (χ1v) is 9.76. The molecule has 1 unspecified atom stereocenters. The lowest BCUT2D eigenvalue weighted by molar-refractivity contribution is 0.0620. The van der Waals surface area contributed by atoms with E-state index in [9.17, 15) is 18.3 Å². The molecule has 0 bridgehead atoms. The van der Waals surface area contributed by atoms with Crippen LogP contribution in [0.25, 0.3) is 0 Å². The Kier molecular flexibility index (Phi) is 4.33. The summed E-state index contributed by atoms with van der Waals surface area (Å²) in [6.07, 6.45) is 3.68. The molecule has 3 rings (SSSR count). The van der Waals surface area contributed by atoms with Crippen LogP contribution in [0.4, 0.5) is 5.69 Å². The smallest absolute Gasteiger partial charge is 0.253 e. The summed E-state index contributed by atoms with van der Waals surface area (Å²) in [4.78, 5) is 14.4. The topological polar surface area (TPSA) is 77.9 Å². The highest BCUT2D eigenvalue weighted by Crippen LogP contribution is 2.31. The molecule has 0 saturated carbocycles. The molecule has 1 atom stereocenters. The Balaban J connectivity index is 1.81. The first kappa shape index (κ1) is 16.3. The van der Waals surface area contributed by atoms with Crippen molar-refractivity contribution in [1.29, 1.82) is 0 Å². The maximum absolute atomic E-state index is 12.7. The van der Waals surface area contributed by atoms with Gasteiger partial charge in [-0.05, 0) is 48.9 Å². The van der Waals surface area contributed by atoms with Crippen molar-refractivity contribution in [3.8, 4) is 0 Å². The number of nitrogens with zero attached hydrogens (tertiary/aromatic N) is 2. The van der Waals surface area contributed by atoms with Crippen LogP contribution >= 0.6 is 0 Å². The van der Waals surface area contributed by atoms with Crippen LogP contribution in [-0.2, 0) is 16.4 Å². The second-order valence-corrected chi connectivity index (χ2v) is 8.28. The number of carbonyl (C=O) groups excluding carboxylic acids is 1. The van der Waals surface area contributed by atoms with Gasteiger partial charge in [-0.2, -0.15) is 0 Å². The van der Waals surface area contributed by atoms with E-state index in [1.54, 1.807) is 17.0 Å². The molecule has 1 saturated heterocycles. The Labute approximate surface area is 136 Å². The van der Waals surface area contributed by atoms with E-state index in [4.69, 9.17) is 0 Å². The van der Waals surface area contributed by atoms with Crippen molar-refractivity contribution >= 4 is 21.6 Å². The van der Waals surface area contributed by atoms with Gasteiger partial charge in [0.05, 0.1) is 11.9 Å². The minimum Gasteiger partial charge on any atom is -0.396 e. The highest BCUT2D eigenvalue weighted by atomic mass is 32.2. The third-order valence-corrected chi connectivity index (χ3v) is 5.82. The SMILES string of the molecule is CS(=O)(=O)N1CCc2cc(C(=O)N3CCCC(CO)C3)ccc21. The van der Waals surface area contributed by atoms with Crippen LogP contribution < -0.4 is 4.31 Å². The van der Waals surface area contributed by atoms with Crippen molar-refractivity contribution in [2.75, 3.05) is 36.8 Å². The summed E-state index contributed by atoms with van der Waals surface area (Å²) >= 11 is 0. The zero-order valence-corrected chi connectivity index (χ0v) is 14.1. The van der Waals surface area contributed by atoms with Gasteiger partial charge in [0, 0.05) is 31.8 Å². The molecule has 1 aromatic rings. The fourth-order valence-corrected chi connectivity index (χ4v) is 4.39. The number of fused-ring (bicyclic) bond motifs is 1. The Morgan fingerprint density at radius 1 is 1.35 bits per heavy atom. The molecule has 0 spiro atoms. The number of hydrogen-bond donors (Lipinski definition) is 1. The van der Waals surface area contributed by atoms with Gasteiger partial charge in [0.15, 0.2) is 0 Å². The maximum Gasteiger partial charge on any atom is 0.253 e. The van der Waals surface area contributed by atoms with Crippen LogP contribution in [0.3, 0.4) is 0 Å². The highest BCUT2D eigenvalue weighted by Gasteiger charge is 2.28. The predicted octanol–water partition coefficient (Wildman–Crippen LogP) is 0.853. The van der Waals surface area contributed by atoms with E-state index in [-0.39, 0.29) is 18.4 Å². The lowest BCUT2D eigenvalue weighted by Crippen LogP contribution is -2.40. The van der Waals surface area contributed by atoms with Gasteiger partial charge in [0.2, 0.25) is 10.0 Å². The van der Waals surface area contributed by atoms with Crippen LogP contribution in [-0.4, -0.2) is 56.8 Å². The van der Waals surface area contributed by atoms with Gasteiger partial charge in [0.25, 0.3) is 5.91 Å². The van der Waals surface area contributed by atoms with Crippen LogP contribution in [0.15, 0.2) is 18.2 Å². The van der Waals surface area contributed by atoms with Gasteiger partial charge in [0.1, 0.15) is 0 Å². The van der Waals surface area contributed by atoms with E-state index < -0.39 is 10.0 Å². The molecular weight excluding hydrogens is 316 g/mol. The molecule has 7 heteroatoms. The van der Waals surface area contributed by atoms with Crippen molar-refractivity contribution in [3.63, 3.8) is 0 Å². The van der Waals surface area contributed by atoms with Crippen molar-refractivity contribution < 1.29 is 18.3 Å². The summed E-state index contributed by atoms with van der Waals surface area (Å²) < 4.78 is 24.9. The molecule has 1 fully saturated rings. The van der Waals surface area contributed by atoms with Gasteiger partial charge in [-0.1, -0.05) is 0 Å². The van der Waals surface area contributed by atoms with Gasteiger partial charge >= 0.3 is 0 Å². The Morgan fingerprint density at radius 3 is 2.83 bits per heavy atom. The molecule has 1 N–H and O–H groups in total. The third-order valence-electron chi connectivity index (χ3n) is 4.64.